The second-order valence-electron chi connectivity index (χ2n) is 5.27. The predicted molar refractivity (Wildman–Crippen MR) is 93.3 cm³/mol. The summed E-state index contributed by atoms with van der Waals surface area (Å²) in [6.45, 7) is 7.47. The topological polar surface area (TPSA) is 78.1 Å². The highest BCUT2D eigenvalue weighted by molar-refractivity contribution is 5.77. The molecule has 130 valence electrons. The van der Waals surface area contributed by atoms with Gasteiger partial charge in [-0.3, -0.25) is 4.99 Å². The Morgan fingerprint density at radius 3 is 2.74 bits per heavy atom. The highest BCUT2D eigenvalue weighted by Gasteiger charge is 2.06. The van der Waals surface area contributed by atoms with Crippen LogP contribution in [0.25, 0.3) is 0 Å². The van der Waals surface area contributed by atoms with E-state index >= 15 is 0 Å². The third-order valence-corrected chi connectivity index (χ3v) is 3.14. The summed E-state index contributed by atoms with van der Waals surface area (Å²) in [6, 6.07) is 7.60. The molecule has 0 amide bonds. The zero-order valence-electron chi connectivity index (χ0n) is 14.4. The Morgan fingerprint density at radius 2 is 2.04 bits per heavy atom. The van der Waals surface area contributed by atoms with Crippen molar-refractivity contribution in [2.24, 2.45) is 16.6 Å². The van der Waals surface area contributed by atoms with Crippen LogP contribution < -0.4 is 20.5 Å². The summed E-state index contributed by atoms with van der Waals surface area (Å²) in [6.07, 6.45) is 0.913. The fourth-order valence-electron chi connectivity index (χ4n) is 1.87. The SMILES string of the molecule is CCOCCCNC(N)=NCC(C)COc1ccccc1OC. The molecule has 1 aromatic rings. The van der Waals surface area contributed by atoms with Crippen molar-refractivity contribution < 1.29 is 14.2 Å². The Balaban J connectivity index is 2.25. The van der Waals surface area contributed by atoms with E-state index in [0.717, 1.165) is 37.7 Å². The van der Waals surface area contributed by atoms with Gasteiger partial charge in [0, 0.05) is 32.2 Å². The van der Waals surface area contributed by atoms with Gasteiger partial charge in [-0.25, -0.2) is 0 Å². The van der Waals surface area contributed by atoms with Gasteiger partial charge in [-0.15, -0.1) is 0 Å². The molecule has 0 saturated heterocycles. The van der Waals surface area contributed by atoms with Gasteiger partial charge in [0.1, 0.15) is 0 Å². The lowest BCUT2D eigenvalue weighted by atomic mass is 10.2. The Labute approximate surface area is 139 Å². The average molecular weight is 323 g/mol. The van der Waals surface area contributed by atoms with Gasteiger partial charge in [0.05, 0.1) is 13.7 Å². The zero-order chi connectivity index (χ0) is 16.9. The number of hydrogen-bond acceptors (Lipinski definition) is 4. The third kappa shape index (κ3) is 8.30. The highest BCUT2D eigenvalue weighted by Crippen LogP contribution is 2.26. The molecule has 1 rings (SSSR count). The first-order valence-corrected chi connectivity index (χ1v) is 8.04. The van der Waals surface area contributed by atoms with Crippen molar-refractivity contribution in [3.8, 4) is 11.5 Å². The minimum atomic E-state index is 0.253. The van der Waals surface area contributed by atoms with E-state index in [1.54, 1.807) is 7.11 Å². The molecule has 0 bridgehead atoms. The molecule has 0 heterocycles. The van der Waals surface area contributed by atoms with E-state index < -0.39 is 0 Å². The van der Waals surface area contributed by atoms with E-state index in [1.807, 2.05) is 31.2 Å². The van der Waals surface area contributed by atoms with Crippen molar-refractivity contribution >= 4 is 5.96 Å². The number of aliphatic imine (C=N–C) groups is 1. The van der Waals surface area contributed by atoms with E-state index in [9.17, 15) is 0 Å². The molecule has 1 aromatic carbocycles. The lowest BCUT2D eigenvalue weighted by molar-refractivity contribution is 0.145. The van der Waals surface area contributed by atoms with Gasteiger partial charge in [-0.1, -0.05) is 19.1 Å². The summed E-state index contributed by atoms with van der Waals surface area (Å²) in [5.74, 6) is 2.20. The van der Waals surface area contributed by atoms with Crippen molar-refractivity contribution in [3.05, 3.63) is 24.3 Å². The van der Waals surface area contributed by atoms with Gasteiger partial charge in [0.15, 0.2) is 17.5 Å². The van der Waals surface area contributed by atoms with Crippen molar-refractivity contribution in [2.75, 3.05) is 40.0 Å². The highest BCUT2D eigenvalue weighted by atomic mass is 16.5. The minimum absolute atomic E-state index is 0.253. The van der Waals surface area contributed by atoms with Crippen molar-refractivity contribution in [1.82, 2.24) is 5.32 Å². The summed E-state index contributed by atoms with van der Waals surface area (Å²) in [7, 11) is 1.63. The fraction of sp³-hybridized carbons (Fsp3) is 0.588. The van der Waals surface area contributed by atoms with Crippen molar-refractivity contribution in [3.63, 3.8) is 0 Å². The first-order chi connectivity index (χ1) is 11.2. The zero-order valence-corrected chi connectivity index (χ0v) is 14.4. The molecule has 0 aliphatic heterocycles. The van der Waals surface area contributed by atoms with Gasteiger partial charge < -0.3 is 25.3 Å². The lowest BCUT2D eigenvalue weighted by Crippen LogP contribution is -2.33. The quantitative estimate of drug-likeness (QED) is 0.370. The van der Waals surface area contributed by atoms with E-state index in [4.69, 9.17) is 19.9 Å². The average Bonchev–Trinajstić information content (AvgIpc) is 2.58. The molecule has 0 aromatic heterocycles. The number of hydrogen-bond donors (Lipinski definition) is 2. The number of nitrogens with two attached hydrogens (primary N) is 1. The minimum Gasteiger partial charge on any atom is -0.493 e. The Hall–Kier alpha value is -1.95. The number of guanidine groups is 1. The number of rotatable bonds is 11. The molecule has 3 N–H and O–H groups in total. The third-order valence-electron chi connectivity index (χ3n) is 3.14. The van der Waals surface area contributed by atoms with Gasteiger partial charge in [0.2, 0.25) is 0 Å². The molecule has 1 atom stereocenters. The number of para-hydroxylation sites is 2. The normalized spacial score (nSPS) is 12.7. The summed E-state index contributed by atoms with van der Waals surface area (Å²) >= 11 is 0. The molecule has 0 saturated carbocycles. The van der Waals surface area contributed by atoms with Crippen LogP contribution in [0.5, 0.6) is 11.5 Å². The van der Waals surface area contributed by atoms with Gasteiger partial charge in [0.25, 0.3) is 0 Å². The maximum Gasteiger partial charge on any atom is 0.188 e. The van der Waals surface area contributed by atoms with Crippen LogP contribution in [-0.2, 0) is 4.74 Å². The van der Waals surface area contributed by atoms with Gasteiger partial charge in [-0.2, -0.15) is 0 Å². The first kappa shape index (κ1) is 19.1. The fourth-order valence-corrected chi connectivity index (χ4v) is 1.87. The molecule has 23 heavy (non-hydrogen) atoms. The lowest BCUT2D eigenvalue weighted by Gasteiger charge is -2.14. The molecule has 0 fully saturated rings. The standard InChI is InChI=1S/C17H29N3O3/c1-4-22-11-7-10-19-17(18)20-12-14(2)13-23-16-9-6-5-8-15(16)21-3/h5-6,8-9,14H,4,7,10-13H2,1-3H3,(H3,18,19,20). The van der Waals surface area contributed by atoms with Crippen LogP contribution in [0, 0.1) is 5.92 Å². The molecule has 1 unspecified atom stereocenters. The van der Waals surface area contributed by atoms with Crippen LogP contribution in [-0.4, -0.2) is 46.0 Å². The maximum absolute atomic E-state index is 5.83. The smallest absolute Gasteiger partial charge is 0.188 e. The number of ether oxygens (including phenoxy) is 3. The van der Waals surface area contributed by atoms with Crippen LogP contribution in [0.1, 0.15) is 20.3 Å². The van der Waals surface area contributed by atoms with Crippen LogP contribution in [0.15, 0.2) is 29.3 Å². The molecular weight excluding hydrogens is 294 g/mol. The summed E-state index contributed by atoms with van der Waals surface area (Å²) in [5, 5.41) is 3.08. The largest absolute Gasteiger partial charge is 0.493 e. The van der Waals surface area contributed by atoms with E-state index in [1.165, 1.54) is 0 Å². The monoisotopic (exact) mass is 323 g/mol. The molecule has 6 heteroatoms. The maximum atomic E-state index is 5.83. The molecule has 0 aliphatic rings. The molecular formula is C17H29N3O3. The Morgan fingerprint density at radius 1 is 1.30 bits per heavy atom. The van der Waals surface area contributed by atoms with Gasteiger partial charge >= 0.3 is 0 Å². The van der Waals surface area contributed by atoms with Crippen LogP contribution >= 0.6 is 0 Å². The van der Waals surface area contributed by atoms with E-state index in [2.05, 4.69) is 17.2 Å². The molecule has 0 aliphatic carbocycles. The molecule has 0 spiro atoms. The van der Waals surface area contributed by atoms with Crippen LogP contribution in [0.2, 0.25) is 0 Å². The second-order valence-corrected chi connectivity index (χ2v) is 5.27. The number of nitrogens with one attached hydrogen (secondary N) is 1. The van der Waals surface area contributed by atoms with Crippen molar-refractivity contribution in [2.45, 2.75) is 20.3 Å². The number of nitrogens with zero attached hydrogens (tertiary/aromatic N) is 1. The summed E-state index contributed by atoms with van der Waals surface area (Å²) < 4.78 is 16.3. The Kier molecular flexibility index (Phi) is 9.63. The predicted octanol–water partition coefficient (Wildman–Crippen LogP) is 2.04. The molecule has 0 radical (unpaired) electrons. The summed E-state index contributed by atoms with van der Waals surface area (Å²) in [5.41, 5.74) is 5.83. The van der Waals surface area contributed by atoms with Gasteiger partial charge in [-0.05, 0) is 25.5 Å². The molecule has 6 nitrogen and oxygen atoms in total. The number of benzene rings is 1. The summed E-state index contributed by atoms with van der Waals surface area (Å²) in [4.78, 5) is 4.33. The number of methoxy groups -OCH3 is 1. The Bertz CT molecular complexity index is 466. The first-order valence-electron chi connectivity index (χ1n) is 8.04. The van der Waals surface area contributed by atoms with E-state index in [0.29, 0.717) is 19.1 Å². The van der Waals surface area contributed by atoms with Crippen LogP contribution in [0.3, 0.4) is 0 Å². The van der Waals surface area contributed by atoms with Crippen molar-refractivity contribution in [1.29, 1.82) is 0 Å². The van der Waals surface area contributed by atoms with Crippen LogP contribution in [0.4, 0.5) is 0 Å². The van der Waals surface area contributed by atoms with E-state index in [-0.39, 0.29) is 5.92 Å². The second kappa shape index (κ2) is 11.6.